The predicted molar refractivity (Wildman–Crippen MR) is 58.4 cm³/mol. The zero-order valence-corrected chi connectivity index (χ0v) is 9.15. The van der Waals surface area contributed by atoms with Crippen molar-refractivity contribution in [2.45, 2.75) is 6.92 Å². The standard InChI is InChI=1S/C10H8ClN3O2/c1-6-2-4-12-9(11)8(6)13-10(15)7-3-5-16-14-7/h2-5H,1H3,(H,13,15). The van der Waals surface area contributed by atoms with Crippen LogP contribution in [-0.4, -0.2) is 16.0 Å². The normalized spacial score (nSPS) is 10.1. The molecule has 0 radical (unpaired) electrons. The number of aromatic nitrogens is 2. The third-order valence-electron chi connectivity index (χ3n) is 2.02. The first-order chi connectivity index (χ1) is 7.68. The molecule has 0 atom stereocenters. The van der Waals surface area contributed by atoms with Crippen LogP contribution in [0.4, 0.5) is 5.69 Å². The molecule has 2 aromatic heterocycles. The van der Waals surface area contributed by atoms with E-state index in [1.165, 1.54) is 12.3 Å². The summed E-state index contributed by atoms with van der Waals surface area (Å²) in [5, 5.41) is 6.39. The maximum atomic E-state index is 11.7. The van der Waals surface area contributed by atoms with Gasteiger partial charge in [-0.3, -0.25) is 4.79 Å². The molecule has 0 spiro atoms. The zero-order chi connectivity index (χ0) is 11.5. The third kappa shape index (κ3) is 2.04. The Morgan fingerprint density at radius 1 is 1.50 bits per heavy atom. The molecule has 82 valence electrons. The number of carbonyl (C=O) groups excluding carboxylic acids is 1. The molecule has 1 amide bonds. The van der Waals surface area contributed by atoms with Crippen LogP contribution in [0.25, 0.3) is 0 Å². The first-order valence-corrected chi connectivity index (χ1v) is 4.89. The quantitative estimate of drug-likeness (QED) is 0.814. The summed E-state index contributed by atoms with van der Waals surface area (Å²) in [5.74, 6) is -0.383. The van der Waals surface area contributed by atoms with Crippen molar-refractivity contribution in [2.24, 2.45) is 0 Å². The number of hydrogen-bond donors (Lipinski definition) is 1. The van der Waals surface area contributed by atoms with Gasteiger partial charge in [-0.25, -0.2) is 4.98 Å². The van der Waals surface area contributed by atoms with Gasteiger partial charge >= 0.3 is 0 Å². The molecule has 0 fully saturated rings. The highest BCUT2D eigenvalue weighted by Gasteiger charge is 2.13. The van der Waals surface area contributed by atoms with Gasteiger partial charge in [0.15, 0.2) is 10.8 Å². The molecule has 0 unspecified atom stereocenters. The van der Waals surface area contributed by atoms with Crippen molar-refractivity contribution in [3.8, 4) is 0 Å². The number of anilines is 1. The number of aryl methyl sites for hydroxylation is 1. The number of halogens is 1. The molecular formula is C10H8ClN3O2. The SMILES string of the molecule is Cc1ccnc(Cl)c1NC(=O)c1ccon1. The Bertz CT molecular complexity index is 491. The maximum absolute atomic E-state index is 11.7. The second kappa shape index (κ2) is 4.32. The van der Waals surface area contributed by atoms with E-state index in [0.29, 0.717) is 5.69 Å². The molecule has 6 heteroatoms. The summed E-state index contributed by atoms with van der Waals surface area (Å²) in [6.07, 6.45) is 2.90. The number of amides is 1. The monoisotopic (exact) mass is 237 g/mol. The number of hydrogen-bond acceptors (Lipinski definition) is 4. The summed E-state index contributed by atoms with van der Waals surface area (Å²) in [6, 6.07) is 3.22. The van der Waals surface area contributed by atoms with E-state index >= 15 is 0 Å². The number of pyridine rings is 1. The van der Waals surface area contributed by atoms with Crippen LogP contribution in [0.1, 0.15) is 16.1 Å². The van der Waals surface area contributed by atoms with Crippen LogP contribution in [0.2, 0.25) is 5.15 Å². The molecule has 16 heavy (non-hydrogen) atoms. The lowest BCUT2D eigenvalue weighted by molar-refractivity contribution is 0.101. The maximum Gasteiger partial charge on any atom is 0.277 e. The van der Waals surface area contributed by atoms with Crippen molar-refractivity contribution < 1.29 is 9.32 Å². The number of rotatable bonds is 2. The molecule has 1 N–H and O–H groups in total. The summed E-state index contributed by atoms with van der Waals surface area (Å²) in [4.78, 5) is 15.5. The zero-order valence-electron chi connectivity index (χ0n) is 8.40. The van der Waals surface area contributed by atoms with Crippen LogP contribution in [0.5, 0.6) is 0 Å². The van der Waals surface area contributed by atoms with Gasteiger partial charge in [0.25, 0.3) is 5.91 Å². The molecule has 0 aliphatic rings. The van der Waals surface area contributed by atoms with Gasteiger partial charge in [-0.15, -0.1) is 0 Å². The van der Waals surface area contributed by atoms with E-state index in [4.69, 9.17) is 11.6 Å². The second-order valence-corrected chi connectivity index (χ2v) is 3.49. The molecule has 2 heterocycles. The molecule has 0 saturated carbocycles. The molecule has 2 aromatic rings. The summed E-state index contributed by atoms with van der Waals surface area (Å²) >= 11 is 5.87. The van der Waals surface area contributed by atoms with Crippen LogP contribution < -0.4 is 5.32 Å². The number of nitrogens with one attached hydrogen (secondary N) is 1. The van der Waals surface area contributed by atoms with Gasteiger partial charge < -0.3 is 9.84 Å². The van der Waals surface area contributed by atoms with Crippen molar-refractivity contribution in [1.82, 2.24) is 10.1 Å². The Morgan fingerprint density at radius 3 is 2.94 bits per heavy atom. The van der Waals surface area contributed by atoms with E-state index in [-0.39, 0.29) is 16.8 Å². The lowest BCUT2D eigenvalue weighted by atomic mass is 10.2. The molecule has 0 aliphatic heterocycles. The number of nitrogens with zero attached hydrogens (tertiary/aromatic N) is 2. The third-order valence-corrected chi connectivity index (χ3v) is 2.31. The van der Waals surface area contributed by atoms with Gasteiger partial charge in [-0.05, 0) is 18.6 Å². The van der Waals surface area contributed by atoms with Crippen LogP contribution in [0.15, 0.2) is 29.1 Å². The lowest BCUT2D eigenvalue weighted by Crippen LogP contribution is -2.13. The first-order valence-electron chi connectivity index (χ1n) is 4.51. The van der Waals surface area contributed by atoms with E-state index in [9.17, 15) is 4.79 Å². The molecule has 0 saturated heterocycles. The van der Waals surface area contributed by atoms with Crippen molar-refractivity contribution in [1.29, 1.82) is 0 Å². The molecule has 5 nitrogen and oxygen atoms in total. The number of carbonyl (C=O) groups is 1. The van der Waals surface area contributed by atoms with E-state index in [2.05, 4.69) is 20.0 Å². The summed E-state index contributed by atoms with van der Waals surface area (Å²) in [5.41, 5.74) is 1.51. The van der Waals surface area contributed by atoms with E-state index in [1.54, 1.807) is 12.3 Å². The first kappa shape index (κ1) is 10.6. The highest BCUT2D eigenvalue weighted by Crippen LogP contribution is 2.23. The highest BCUT2D eigenvalue weighted by atomic mass is 35.5. The topological polar surface area (TPSA) is 68.0 Å². The Balaban J connectivity index is 2.25. The lowest BCUT2D eigenvalue weighted by Gasteiger charge is -2.07. The van der Waals surface area contributed by atoms with E-state index in [1.807, 2.05) is 6.92 Å². The summed E-state index contributed by atoms with van der Waals surface area (Å²) < 4.78 is 4.57. The van der Waals surface area contributed by atoms with Gasteiger partial charge in [0.05, 0.1) is 5.69 Å². The van der Waals surface area contributed by atoms with Gasteiger partial charge in [-0.1, -0.05) is 16.8 Å². The molecule has 0 aliphatic carbocycles. The van der Waals surface area contributed by atoms with Gasteiger partial charge in [0, 0.05) is 12.3 Å². The molecular weight excluding hydrogens is 230 g/mol. The van der Waals surface area contributed by atoms with Crippen molar-refractivity contribution in [2.75, 3.05) is 5.32 Å². The van der Waals surface area contributed by atoms with Crippen LogP contribution in [0, 0.1) is 6.92 Å². The minimum atomic E-state index is -0.383. The van der Waals surface area contributed by atoms with Crippen molar-refractivity contribution in [3.05, 3.63) is 41.0 Å². The average molecular weight is 238 g/mol. The van der Waals surface area contributed by atoms with Crippen molar-refractivity contribution >= 4 is 23.2 Å². The largest absolute Gasteiger partial charge is 0.364 e. The Labute approximate surface area is 96.4 Å². The summed E-state index contributed by atoms with van der Waals surface area (Å²) in [6.45, 7) is 1.83. The van der Waals surface area contributed by atoms with Crippen molar-refractivity contribution in [3.63, 3.8) is 0 Å². The second-order valence-electron chi connectivity index (χ2n) is 3.13. The smallest absolute Gasteiger partial charge is 0.277 e. The van der Waals surface area contributed by atoms with Gasteiger partial charge in [0.1, 0.15) is 6.26 Å². The fourth-order valence-electron chi connectivity index (χ4n) is 1.18. The van der Waals surface area contributed by atoms with Crippen LogP contribution in [0.3, 0.4) is 0 Å². The Morgan fingerprint density at radius 2 is 2.31 bits per heavy atom. The molecule has 0 bridgehead atoms. The minimum absolute atomic E-state index is 0.194. The molecule has 2 rings (SSSR count). The Kier molecular flexibility index (Phi) is 2.87. The van der Waals surface area contributed by atoms with E-state index < -0.39 is 0 Å². The fraction of sp³-hybridized carbons (Fsp3) is 0.100. The van der Waals surface area contributed by atoms with Crippen LogP contribution >= 0.6 is 11.6 Å². The minimum Gasteiger partial charge on any atom is -0.364 e. The summed E-state index contributed by atoms with van der Waals surface area (Å²) in [7, 11) is 0. The van der Waals surface area contributed by atoms with Gasteiger partial charge in [-0.2, -0.15) is 0 Å². The van der Waals surface area contributed by atoms with E-state index in [0.717, 1.165) is 5.56 Å². The fourth-order valence-corrected chi connectivity index (χ4v) is 1.44. The Hall–Kier alpha value is -1.88. The highest BCUT2D eigenvalue weighted by molar-refractivity contribution is 6.32. The average Bonchev–Trinajstić information content (AvgIpc) is 2.76. The van der Waals surface area contributed by atoms with Crippen LogP contribution in [-0.2, 0) is 0 Å². The molecule has 0 aromatic carbocycles. The predicted octanol–water partition coefficient (Wildman–Crippen LogP) is 2.28. The van der Waals surface area contributed by atoms with Gasteiger partial charge in [0.2, 0.25) is 0 Å².